The Morgan fingerprint density at radius 1 is 1.00 bits per heavy atom. The monoisotopic (exact) mass is 339 g/mol. The van der Waals surface area contributed by atoms with Gasteiger partial charge in [0.2, 0.25) is 5.91 Å². The number of fused-ring (bicyclic) bond motifs is 1. The van der Waals surface area contributed by atoms with Crippen LogP contribution in [0.3, 0.4) is 0 Å². The minimum atomic E-state index is -0.734. The second-order valence-corrected chi connectivity index (χ2v) is 6.77. The van der Waals surface area contributed by atoms with Crippen LogP contribution in [0.25, 0.3) is 10.8 Å². The van der Waals surface area contributed by atoms with Crippen LogP contribution in [0.1, 0.15) is 38.5 Å². The molecule has 0 saturated heterocycles. The number of hydrogen-bond acceptors (Lipinski definition) is 3. The Bertz CT molecular complexity index is 742. The Morgan fingerprint density at radius 3 is 2.40 bits per heavy atom. The van der Waals surface area contributed by atoms with Gasteiger partial charge in [-0.3, -0.25) is 9.59 Å². The molecule has 1 aliphatic rings. The maximum absolute atomic E-state index is 13.0. The molecule has 0 heterocycles. The van der Waals surface area contributed by atoms with E-state index in [2.05, 4.69) is 5.32 Å². The lowest BCUT2D eigenvalue weighted by Crippen LogP contribution is -2.36. The second-order valence-electron chi connectivity index (χ2n) is 6.77. The largest absolute Gasteiger partial charge is 0.468 e. The zero-order valence-corrected chi connectivity index (χ0v) is 14.7. The fraction of sp³-hybridized carbons (Fsp3) is 0.429. The molecule has 0 unspecified atom stereocenters. The summed E-state index contributed by atoms with van der Waals surface area (Å²) in [6.07, 6.45) is 6.30. The zero-order valence-electron chi connectivity index (χ0n) is 14.7. The van der Waals surface area contributed by atoms with Crippen molar-refractivity contribution < 1.29 is 14.3 Å². The number of carbonyl (C=O) groups is 2. The maximum atomic E-state index is 13.0. The van der Waals surface area contributed by atoms with Crippen molar-refractivity contribution >= 4 is 28.3 Å². The first kappa shape index (κ1) is 17.5. The van der Waals surface area contributed by atoms with E-state index in [0.717, 1.165) is 42.1 Å². The first-order chi connectivity index (χ1) is 12.2. The Balaban J connectivity index is 1.85. The summed E-state index contributed by atoms with van der Waals surface area (Å²) in [5.74, 6) is -1.35. The van der Waals surface area contributed by atoms with Crippen molar-refractivity contribution in [3.05, 3.63) is 42.5 Å². The molecule has 3 rings (SSSR count). The molecule has 1 fully saturated rings. The molecule has 1 N–H and O–H groups in total. The number of nitrogens with one attached hydrogen (secondary N) is 1. The van der Waals surface area contributed by atoms with Crippen LogP contribution in [0.15, 0.2) is 42.5 Å². The van der Waals surface area contributed by atoms with Crippen LogP contribution < -0.4 is 5.32 Å². The van der Waals surface area contributed by atoms with Gasteiger partial charge in [0.15, 0.2) is 0 Å². The Labute approximate surface area is 148 Å². The number of ether oxygens (including phenoxy) is 1. The fourth-order valence-corrected chi connectivity index (χ4v) is 3.83. The van der Waals surface area contributed by atoms with E-state index in [9.17, 15) is 9.59 Å². The van der Waals surface area contributed by atoms with E-state index in [1.807, 2.05) is 42.5 Å². The van der Waals surface area contributed by atoms with Gasteiger partial charge in [0.05, 0.1) is 7.11 Å². The minimum absolute atomic E-state index is 0.0601. The lowest BCUT2D eigenvalue weighted by Gasteiger charge is -2.23. The van der Waals surface area contributed by atoms with Gasteiger partial charge < -0.3 is 10.1 Å². The lowest BCUT2D eigenvalue weighted by atomic mass is 9.85. The molecule has 1 aliphatic carbocycles. The van der Waals surface area contributed by atoms with Crippen LogP contribution in [0.2, 0.25) is 0 Å². The number of hydrogen-bond donors (Lipinski definition) is 1. The molecule has 0 spiro atoms. The van der Waals surface area contributed by atoms with Crippen molar-refractivity contribution in [3.8, 4) is 0 Å². The van der Waals surface area contributed by atoms with E-state index in [1.54, 1.807) is 0 Å². The van der Waals surface area contributed by atoms with Crippen LogP contribution in [0, 0.1) is 11.8 Å². The predicted octanol–water partition coefficient (Wildman–Crippen LogP) is 4.54. The summed E-state index contributed by atoms with van der Waals surface area (Å²) in [6.45, 7) is 0. The molecular weight excluding hydrogens is 314 g/mol. The first-order valence-electron chi connectivity index (χ1n) is 9.07. The molecule has 2 aromatic carbocycles. The van der Waals surface area contributed by atoms with Crippen LogP contribution in [0.5, 0.6) is 0 Å². The van der Waals surface area contributed by atoms with Crippen LogP contribution in [-0.4, -0.2) is 19.0 Å². The molecule has 0 radical (unpaired) electrons. The topological polar surface area (TPSA) is 55.4 Å². The van der Waals surface area contributed by atoms with E-state index < -0.39 is 11.9 Å². The van der Waals surface area contributed by atoms with Gasteiger partial charge in [0.25, 0.3) is 0 Å². The third-order valence-corrected chi connectivity index (χ3v) is 5.16. The Hall–Kier alpha value is -2.36. The SMILES string of the molecule is COC(=O)[C@@H](C(=O)Nc1cccc2ccccc12)C1CCCCCC1. The molecule has 4 nitrogen and oxygen atoms in total. The van der Waals surface area contributed by atoms with E-state index >= 15 is 0 Å². The molecular formula is C21H25NO3. The minimum Gasteiger partial charge on any atom is -0.468 e. The quantitative estimate of drug-likeness (QED) is 0.505. The van der Waals surface area contributed by atoms with Crippen molar-refractivity contribution in [2.75, 3.05) is 12.4 Å². The zero-order chi connectivity index (χ0) is 17.6. The van der Waals surface area contributed by atoms with Crippen LogP contribution in [-0.2, 0) is 14.3 Å². The van der Waals surface area contributed by atoms with Crippen LogP contribution >= 0.6 is 0 Å². The lowest BCUT2D eigenvalue weighted by molar-refractivity contribution is -0.151. The predicted molar refractivity (Wildman–Crippen MR) is 99.3 cm³/mol. The van der Waals surface area contributed by atoms with E-state index in [4.69, 9.17) is 4.74 Å². The van der Waals surface area contributed by atoms with Crippen LogP contribution in [0.4, 0.5) is 5.69 Å². The van der Waals surface area contributed by atoms with Gasteiger partial charge in [-0.05, 0) is 30.2 Å². The first-order valence-corrected chi connectivity index (χ1v) is 9.07. The smallest absolute Gasteiger partial charge is 0.318 e. The molecule has 4 heteroatoms. The number of carbonyl (C=O) groups excluding carboxylic acids is 2. The van der Waals surface area contributed by atoms with Gasteiger partial charge >= 0.3 is 5.97 Å². The Morgan fingerprint density at radius 2 is 1.68 bits per heavy atom. The van der Waals surface area contributed by atoms with Crippen molar-refractivity contribution in [3.63, 3.8) is 0 Å². The molecule has 132 valence electrons. The van der Waals surface area contributed by atoms with Crippen molar-refractivity contribution in [1.82, 2.24) is 0 Å². The van der Waals surface area contributed by atoms with Crippen molar-refractivity contribution in [1.29, 1.82) is 0 Å². The highest BCUT2D eigenvalue weighted by molar-refractivity contribution is 6.09. The molecule has 0 bridgehead atoms. The molecule has 2 aromatic rings. The van der Waals surface area contributed by atoms with E-state index in [1.165, 1.54) is 20.0 Å². The highest BCUT2D eigenvalue weighted by atomic mass is 16.5. The van der Waals surface area contributed by atoms with Crippen molar-refractivity contribution in [2.45, 2.75) is 38.5 Å². The summed E-state index contributed by atoms with van der Waals surface area (Å²) in [5, 5.41) is 5.01. The van der Waals surface area contributed by atoms with Gasteiger partial charge in [0, 0.05) is 11.1 Å². The van der Waals surface area contributed by atoms with Gasteiger partial charge in [-0.1, -0.05) is 62.1 Å². The normalized spacial score (nSPS) is 16.8. The third kappa shape index (κ3) is 4.01. The van der Waals surface area contributed by atoms with E-state index in [0.29, 0.717) is 0 Å². The van der Waals surface area contributed by atoms with Gasteiger partial charge in [-0.25, -0.2) is 0 Å². The standard InChI is InChI=1S/C21H25NO3/c1-25-21(24)19(16-10-4-2-3-5-11-16)20(23)22-18-14-8-12-15-9-6-7-13-17(15)18/h6-9,12-14,16,19H,2-5,10-11H2,1H3,(H,22,23)/t19-/m1/s1. The number of anilines is 1. The second kappa shape index (κ2) is 8.15. The summed E-state index contributed by atoms with van der Waals surface area (Å²) in [4.78, 5) is 25.3. The number of benzene rings is 2. The third-order valence-electron chi connectivity index (χ3n) is 5.16. The number of rotatable bonds is 4. The fourth-order valence-electron chi connectivity index (χ4n) is 3.83. The summed E-state index contributed by atoms with van der Waals surface area (Å²) in [7, 11) is 1.36. The van der Waals surface area contributed by atoms with Gasteiger partial charge in [0.1, 0.15) is 5.92 Å². The Kier molecular flexibility index (Phi) is 5.69. The summed E-state index contributed by atoms with van der Waals surface area (Å²) in [6, 6.07) is 13.7. The summed E-state index contributed by atoms with van der Waals surface area (Å²) in [5.41, 5.74) is 0.741. The number of esters is 1. The van der Waals surface area contributed by atoms with Gasteiger partial charge in [-0.15, -0.1) is 0 Å². The number of methoxy groups -OCH3 is 1. The molecule has 25 heavy (non-hydrogen) atoms. The molecule has 1 atom stereocenters. The average molecular weight is 339 g/mol. The van der Waals surface area contributed by atoms with Crippen molar-refractivity contribution in [2.24, 2.45) is 11.8 Å². The molecule has 1 saturated carbocycles. The highest BCUT2D eigenvalue weighted by Crippen LogP contribution is 2.31. The summed E-state index contributed by atoms with van der Waals surface area (Å²) >= 11 is 0. The molecule has 0 aromatic heterocycles. The van der Waals surface area contributed by atoms with Gasteiger partial charge in [-0.2, -0.15) is 0 Å². The molecule has 1 amide bonds. The maximum Gasteiger partial charge on any atom is 0.318 e. The summed E-state index contributed by atoms with van der Waals surface area (Å²) < 4.78 is 4.95. The average Bonchev–Trinajstić information content (AvgIpc) is 2.91. The molecule has 0 aliphatic heterocycles. The highest BCUT2D eigenvalue weighted by Gasteiger charge is 2.36. The number of amides is 1. The van der Waals surface area contributed by atoms with E-state index in [-0.39, 0.29) is 11.8 Å².